The summed E-state index contributed by atoms with van der Waals surface area (Å²) in [4.78, 5) is 24.5. The first kappa shape index (κ1) is 19.8. The molecule has 0 aliphatic heterocycles. The molecule has 2 rings (SSSR count). The molecule has 0 saturated carbocycles. The number of fused-ring (bicyclic) bond motifs is 1. The number of rotatable bonds is 2. The lowest BCUT2D eigenvalue weighted by molar-refractivity contribution is 0.0543. The van der Waals surface area contributed by atoms with Crippen LogP contribution in [0.15, 0.2) is 24.4 Å². The Morgan fingerprint density at radius 2 is 1.69 bits per heavy atom. The number of ether oxygens (including phenoxy) is 2. The second kappa shape index (κ2) is 6.99. The zero-order valence-corrected chi connectivity index (χ0v) is 16.2. The van der Waals surface area contributed by atoms with E-state index in [9.17, 15) is 9.59 Å². The van der Waals surface area contributed by atoms with E-state index in [1.165, 1.54) is 4.57 Å². The molecule has 0 radical (unpaired) electrons. The third kappa shape index (κ3) is 4.98. The van der Waals surface area contributed by atoms with Gasteiger partial charge >= 0.3 is 12.2 Å². The van der Waals surface area contributed by atoms with E-state index in [-0.39, 0.29) is 6.54 Å². The Morgan fingerprint density at radius 3 is 2.23 bits per heavy atom. The fourth-order valence-corrected chi connectivity index (χ4v) is 2.45. The van der Waals surface area contributed by atoms with E-state index in [2.05, 4.69) is 5.32 Å². The second-order valence-electron chi connectivity index (χ2n) is 8.07. The largest absolute Gasteiger partial charge is 0.444 e. The molecule has 7 heteroatoms. The summed E-state index contributed by atoms with van der Waals surface area (Å²) in [5.41, 5.74) is 6.51. The number of nitrogens with two attached hydrogens (primary N) is 1. The summed E-state index contributed by atoms with van der Waals surface area (Å²) in [5.74, 6) is 0. The highest BCUT2D eigenvalue weighted by molar-refractivity contribution is 5.96. The van der Waals surface area contributed by atoms with E-state index in [1.54, 1.807) is 65.9 Å². The van der Waals surface area contributed by atoms with Gasteiger partial charge in [0.1, 0.15) is 11.2 Å². The lowest BCUT2D eigenvalue weighted by atomic mass is 10.1. The molecule has 1 aromatic heterocycles. The predicted octanol–water partition coefficient (Wildman–Crippen LogP) is 4.23. The fourth-order valence-electron chi connectivity index (χ4n) is 2.45. The lowest BCUT2D eigenvalue weighted by Crippen LogP contribution is -2.27. The first-order valence-electron chi connectivity index (χ1n) is 8.47. The number of nitrogens with zero attached hydrogens (tertiary/aromatic N) is 1. The van der Waals surface area contributed by atoms with Crippen molar-refractivity contribution in [3.8, 4) is 0 Å². The summed E-state index contributed by atoms with van der Waals surface area (Å²) in [5, 5.41) is 3.51. The summed E-state index contributed by atoms with van der Waals surface area (Å²) in [7, 11) is 0. The van der Waals surface area contributed by atoms with Gasteiger partial charge in [-0.05, 0) is 65.3 Å². The van der Waals surface area contributed by atoms with E-state index in [1.807, 2.05) is 0 Å². The van der Waals surface area contributed by atoms with E-state index in [0.717, 1.165) is 10.9 Å². The SMILES string of the molecule is CC(C)(C)OC(=O)Nc1cc(CN)c2ccn(C(=O)OC(C)(C)C)c2c1. The molecule has 0 atom stereocenters. The minimum atomic E-state index is -0.614. The molecule has 0 unspecified atom stereocenters. The van der Waals surface area contributed by atoms with Crippen molar-refractivity contribution in [2.24, 2.45) is 5.73 Å². The van der Waals surface area contributed by atoms with Crippen LogP contribution in [0, 0.1) is 0 Å². The number of hydrogen-bond donors (Lipinski definition) is 2. The molecule has 1 amide bonds. The van der Waals surface area contributed by atoms with Crippen LogP contribution in [0.1, 0.15) is 47.1 Å². The van der Waals surface area contributed by atoms with Crippen LogP contribution in [0.5, 0.6) is 0 Å². The van der Waals surface area contributed by atoms with E-state index in [0.29, 0.717) is 11.2 Å². The highest BCUT2D eigenvalue weighted by Gasteiger charge is 2.21. The number of carbonyl (C=O) groups excluding carboxylic acids is 2. The minimum absolute atomic E-state index is 0.263. The predicted molar refractivity (Wildman–Crippen MR) is 101 cm³/mol. The zero-order chi connectivity index (χ0) is 19.7. The number of amides is 1. The average Bonchev–Trinajstić information content (AvgIpc) is 2.86. The van der Waals surface area contributed by atoms with Gasteiger partial charge in [-0.15, -0.1) is 0 Å². The van der Waals surface area contributed by atoms with Crippen molar-refractivity contribution in [2.75, 3.05) is 5.32 Å². The molecule has 26 heavy (non-hydrogen) atoms. The molecule has 0 fully saturated rings. The van der Waals surface area contributed by atoms with Gasteiger partial charge in [0, 0.05) is 23.8 Å². The number of benzene rings is 1. The van der Waals surface area contributed by atoms with Gasteiger partial charge in [0.15, 0.2) is 0 Å². The number of hydrogen-bond acceptors (Lipinski definition) is 5. The van der Waals surface area contributed by atoms with Crippen molar-refractivity contribution in [1.29, 1.82) is 0 Å². The van der Waals surface area contributed by atoms with Crippen LogP contribution in [0.4, 0.5) is 15.3 Å². The Labute approximate surface area is 153 Å². The van der Waals surface area contributed by atoms with Gasteiger partial charge in [0.25, 0.3) is 0 Å². The van der Waals surface area contributed by atoms with Gasteiger partial charge < -0.3 is 15.2 Å². The smallest absolute Gasteiger partial charge is 0.418 e. The number of anilines is 1. The van der Waals surface area contributed by atoms with E-state index >= 15 is 0 Å². The molecule has 1 aromatic carbocycles. The molecule has 0 spiro atoms. The van der Waals surface area contributed by atoms with Crippen LogP contribution in [-0.2, 0) is 16.0 Å². The first-order chi connectivity index (χ1) is 11.9. The molecule has 0 saturated heterocycles. The Hall–Kier alpha value is -2.54. The van der Waals surface area contributed by atoms with Crippen LogP contribution in [0.3, 0.4) is 0 Å². The minimum Gasteiger partial charge on any atom is -0.444 e. The summed E-state index contributed by atoms with van der Waals surface area (Å²) in [6.45, 7) is 11.0. The van der Waals surface area contributed by atoms with Crippen molar-refractivity contribution in [1.82, 2.24) is 4.57 Å². The van der Waals surface area contributed by atoms with E-state index in [4.69, 9.17) is 15.2 Å². The van der Waals surface area contributed by atoms with Crippen molar-refractivity contribution in [2.45, 2.75) is 59.3 Å². The van der Waals surface area contributed by atoms with Crippen molar-refractivity contribution < 1.29 is 19.1 Å². The van der Waals surface area contributed by atoms with Crippen LogP contribution in [0.2, 0.25) is 0 Å². The standard InChI is InChI=1S/C19H27N3O4/c1-18(2,3)25-16(23)21-13-9-12(11-20)14-7-8-22(15(14)10-13)17(24)26-19(4,5)6/h7-10H,11,20H2,1-6H3,(H,21,23). The maximum atomic E-state index is 12.5. The van der Waals surface area contributed by atoms with Crippen LogP contribution in [-0.4, -0.2) is 28.0 Å². The molecular weight excluding hydrogens is 334 g/mol. The zero-order valence-electron chi connectivity index (χ0n) is 16.2. The Morgan fingerprint density at radius 1 is 1.08 bits per heavy atom. The molecule has 1 heterocycles. The highest BCUT2D eigenvalue weighted by atomic mass is 16.6. The first-order valence-corrected chi connectivity index (χ1v) is 8.47. The van der Waals surface area contributed by atoms with Crippen LogP contribution < -0.4 is 11.1 Å². The Kier molecular flexibility index (Phi) is 5.32. The summed E-state index contributed by atoms with van der Waals surface area (Å²) < 4.78 is 12.1. The highest BCUT2D eigenvalue weighted by Crippen LogP contribution is 2.26. The molecule has 0 bridgehead atoms. The van der Waals surface area contributed by atoms with Crippen molar-refractivity contribution in [3.05, 3.63) is 30.0 Å². The third-order valence-corrected chi connectivity index (χ3v) is 3.35. The molecule has 0 aliphatic carbocycles. The van der Waals surface area contributed by atoms with Crippen LogP contribution in [0.25, 0.3) is 10.9 Å². The average molecular weight is 361 g/mol. The lowest BCUT2D eigenvalue weighted by Gasteiger charge is -2.21. The molecule has 142 valence electrons. The molecule has 3 N–H and O–H groups in total. The monoisotopic (exact) mass is 361 g/mol. The molecular formula is C19H27N3O4. The quantitative estimate of drug-likeness (QED) is 0.834. The van der Waals surface area contributed by atoms with Gasteiger partial charge in [-0.2, -0.15) is 0 Å². The second-order valence-corrected chi connectivity index (χ2v) is 8.07. The molecule has 0 aliphatic rings. The van der Waals surface area contributed by atoms with Gasteiger partial charge in [-0.1, -0.05) is 0 Å². The van der Waals surface area contributed by atoms with Gasteiger partial charge in [0.2, 0.25) is 0 Å². The van der Waals surface area contributed by atoms with E-state index < -0.39 is 23.4 Å². The van der Waals surface area contributed by atoms with Gasteiger partial charge in [0.05, 0.1) is 5.52 Å². The Balaban J connectivity index is 2.40. The normalized spacial score (nSPS) is 12.1. The van der Waals surface area contributed by atoms with Gasteiger partial charge in [-0.25, -0.2) is 9.59 Å². The topological polar surface area (TPSA) is 95.6 Å². The maximum Gasteiger partial charge on any atom is 0.418 e. The van der Waals surface area contributed by atoms with Crippen LogP contribution >= 0.6 is 0 Å². The number of nitrogens with one attached hydrogen (secondary N) is 1. The summed E-state index contributed by atoms with van der Waals surface area (Å²) in [6, 6.07) is 5.27. The number of carbonyl (C=O) groups is 2. The third-order valence-electron chi connectivity index (χ3n) is 3.35. The molecule has 2 aromatic rings. The Bertz CT molecular complexity index is 826. The summed E-state index contributed by atoms with van der Waals surface area (Å²) in [6.07, 6.45) is 0.565. The molecule has 7 nitrogen and oxygen atoms in total. The summed E-state index contributed by atoms with van der Waals surface area (Å²) >= 11 is 0. The van der Waals surface area contributed by atoms with Crippen molar-refractivity contribution >= 4 is 28.8 Å². The maximum absolute atomic E-state index is 12.5. The van der Waals surface area contributed by atoms with Gasteiger partial charge in [-0.3, -0.25) is 9.88 Å². The number of aromatic nitrogens is 1. The fraction of sp³-hybridized carbons (Fsp3) is 0.474. The van der Waals surface area contributed by atoms with Crippen molar-refractivity contribution in [3.63, 3.8) is 0 Å².